The number of hydrogen-bond donors (Lipinski definition) is 1. The van der Waals surface area contributed by atoms with E-state index in [1.54, 1.807) is 37.4 Å². The molecule has 1 N–H and O–H groups in total. The number of amides is 1. The van der Waals surface area contributed by atoms with Gasteiger partial charge in [0.2, 0.25) is 0 Å². The van der Waals surface area contributed by atoms with Crippen molar-refractivity contribution in [1.29, 1.82) is 5.26 Å². The molecular formula is C20H18N4O2. The van der Waals surface area contributed by atoms with E-state index in [0.717, 1.165) is 28.3 Å². The van der Waals surface area contributed by atoms with E-state index in [9.17, 15) is 10.1 Å². The number of nitriles is 1. The van der Waals surface area contributed by atoms with Crippen LogP contribution in [-0.2, 0) is 12.8 Å². The molecule has 0 aliphatic carbocycles. The van der Waals surface area contributed by atoms with Crippen molar-refractivity contribution in [3.8, 4) is 11.9 Å². The van der Waals surface area contributed by atoms with Gasteiger partial charge in [-0.05, 0) is 42.7 Å². The molecule has 0 fully saturated rings. The van der Waals surface area contributed by atoms with Crippen LogP contribution in [0.15, 0.2) is 60.7 Å². The lowest BCUT2D eigenvalue weighted by Gasteiger charge is -2.09. The van der Waals surface area contributed by atoms with Crippen LogP contribution in [0.1, 0.15) is 21.6 Å². The van der Waals surface area contributed by atoms with E-state index >= 15 is 0 Å². The molecule has 26 heavy (non-hydrogen) atoms. The molecule has 0 aliphatic rings. The highest BCUT2D eigenvalue weighted by molar-refractivity contribution is 6.07. The van der Waals surface area contributed by atoms with E-state index in [4.69, 9.17) is 4.74 Å². The number of aryl methyl sites for hydroxylation is 2. The lowest BCUT2D eigenvalue weighted by atomic mass is 10.1. The molecule has 130 valence electrons. The maximum atomic E-state index is 12.5. The molecule has 0 atom stereocenters. The number of ether oxygens (including phenoxy) is 1. The average Bonchev–Trinajstić information content (AvgIpc) is 3.16. The first-order chi connectivity index (χ1) is 12.7. The van der Waals surface area contributed by atoms with Crippen LogP contribution in [0, 0.1) is 11.5 Å². The van der Waals surface area contributed by atoms with E-state index in [1.165, 1.54) is 0 Å². The predicted octanol–water partition coefficient (Wildman–Crippen LogP) is 3.33. The van der Waals surface area contributed by atoms with Gasteiger partial charge in [0, 0.05) is 17.3 Å². The van der Waals surface area contributed by atoms with Crippen molar-refractivity contribution in [3.05, 3.63) is 77.5 Å². The SMILES string of the molecule is COc1cccc(CCc2cc(N(C#N)C(=O)c3ccccc3)n[nH]2)c1. The maximum Gasteiger partial charge on any atom is 0.272 e. The van der Waals surface area contributed by atoms with Crippen molar-refractivity contribution in [2.45, 2.75) is 12.8 Å². The molecule has 0 bridgehead atoms. The Kier molecular flexibility index (Phi) is 5.30. The first kappa shape index (κ1) is 17.2. The number of carbonyl (C=O) groups is 1. The monoisotopic (exact) mass is 346 g/mol. The summed E-state index contributed by atoms with van der Waals surface area (Å²) in [5.74, 6) is 0.706. The number of H-pyrrole nitrogens is 1. The van der Waals surface area contributed by atoms with Crippen LogP contribution in [0.2, 0.25) is 0 Å². The van der Waals surface area contributed by atoms with Gasteiger partial charge in [0.25, 0.3) is 5.91 Å². The van der Waals surface area contributed by atoms with Gasteiger partial charge in [0.1, 0.15) is 5.75 Å². The topological polar surface area (TPSA) is 82.0 Å². The minimum Gasteiger partial charge on any atom is -0.497 e. The molecule has 1 amide bonds. The maximum absolute atomic E-state index is 12.5. The lowest BCUT2D eigenvalue weighted by Crippen LogP contribution is -2.25. The number of carbonyl (C=O) groups excluding carboxylic acids is 1. The van der Waals surface area contributed by atoms with Crippen LogP contribution in [0.5, 0.6) is 5.75 Å². The lowest BCUT2D eigenvalue weighted by molar-refractivity contribution is 0.0999. The van der Waals surface area contributed by atoms with Gasteiger partial charge in [-0.3, -0.25) is 9.89 Å². The number of anilines is 1. The van der Waals surface area contributed by atoms with Gasteiger partial charge in [-0.2, -0.15) is 15.3 Å². The number of aromatic amines is 1. The number of nitrogens with zero attached hydrogens (tertiary/aromatic N) is 3. The van der Waals surface area contributed by atoms with E-state index in [-0.39, 0.29) is 0 Å². The van der Waals surface area contributed by atoms with E-state index in [0.29, 0.717) is 17.8 Å². The summed E-state index contributed by atoms with van der Waals surface area (Å²) in [6.07, 6.45) is 3.40. The highest BCUT2D eigenvalue weighted by Crippen LogP contribution is 2.18. The number of rotatable bonds is 6. The van der Waals surface area contributed by atoms with Gasteiger partial charge in [-0.1, -0.05) is 30.3 Å². The standard InChI is InChI=1S/C20H18N4O2/c1-26-18-9-5-6-15(12-18)10-11-17-13-19(23-22-17)24(14-21)20(25)16-7-3-2-4-8-16/h2-9,12-13H,10-11H2,1H3,(H,22,23). The molecule has 0 aliphatic heterocycles. The summed E-state index contributed by atoms with van der Waals surface area (Å²) in [6, 6.07) is 18.3. The van der Waals surface area contributed by atoms with Crippen LogP contribution in [0.4, 0.5) is 5.82 Å². The van der Waals surface area contributed by atoms with E-state index in [2.05, 4.69) is 10.2 Å². The van der Waals surface area contributed by atoms with Gasteiger partial charge < -0.3 is 4.74 Å². The largest absolute Gasteiger partial charge is 0.497 e. The summed E-state index contributed by atoms with van der Waals surface area (Å²) in [5, 5.41) is 16.4. The van der Waals surface area contributed by atoms with Gasteiger partial charge >= 0.3 is 0 Å². The Bertz CT molecular complexity index is 928. The molecule has 1 aromatic heterocycles. The molecule has 2 aromatic carbocycles. The van der Waals surface area contributed by atoms with Crippen molar-refractivity contribution < 1.29 is 9.53 Å². The van der Waals surface area contributed by atoms with Gasteiger partial charge in [0.15, 0.2) is 12.0 Å². The molecular weight excluding hydrogens is 328 g/mol. The zero-order valence-corrected chi connectivity index (χ0v) is 14.3. The summed E-state index contributed by atoms with van der Waals surface area (Å²) in [6.45, 7) is 0. The zero-order chi connectivity index (χ0) is 18.4. The molecule has 0 unspecified atom stereocenters. The van der Waals surface area contributed by atoms with E-state index < -0.39 is 5.91 Å². The molecule has 0 saturated heterocycles. The zero-order valence-electron chi connectivity index (χ0n) is 14.3. The summed E-state index contributed by atoms with van der Waals surface area (Å²) >= 11 is 0. The van der Waals surface area contributed by atoms with Crippen molar-refractivity contribution in [2.75, 3.05) is 12.0 Å². The predicted molar refractivity (Wildman–Crippen MR) is 97.9 cm³/mol. The summed E-state index contributed by atoms with van der Waals surface area (Å²) in [4.78, 5) is 13.5. The third kappa shape index (κ3) is 3.90. The summed E-state index contributed by atoms with van der Waals surface area (Å²) in [5.41, 5.74) is 2.43. The molecule has 0 radical (unpaired) electrons. The molecule has 6 heteroatoms. The van der Waals surface area contributed by atoms with Crippen LogP contribution in [0.3, 0.4) is 0 Å². The van der Waals surface area contributed by atoms with E-state index in [1.807, 2.05) is 36.5 Å². The fourth-order valence-corrected chi connectivity index (χ4v) is 2.61. The highest BCUT2D eigenvalue weighted by Gasteiger charge is 2.20. The fourth-order valence-electron chi connectivity index (χ4n) is 2.61. The Morgan fingerprint density at radius 1 is 1.15 bits per heavy atom. The number of aromatic nitrogens is 2. The number of hydrogen-bond acceptors (Lipinski definition) is 4. The minimum atomic E-state index is -0.404. The minimum absolute atomic E-state index is 0.294. The number of benzene rings is 2. The quantitative estimate of drug-likeness (QED) is 0.548. The normalized spacial score (nSPS) is 10.2. The Balaban J connectivity index is 1.70. The Morgan fingerprint density at radius 3 is 2.69 bits per heavy atom. The van der Waals surface area contributed by atoms with Crippen molar-refractivity contribution in [3.63, 3.8) is 0 Å². The van der Waals surface area contributed by atoms with Crippen LogP contribution < -0.4 is 9.64 Å². The van der Waals surface area contributed by atoms with Gasteiger partial charge in [-0.25, -0.2) is 0 Å². The number of nitrogens with one attached hydrogen (secondary N) is 1. The Labute approximate surface area is 151 Å². The fraction of sp³-hybridized carbons (Fsp3) is 0.150. The summed E-state index contributed by atoms with van der Waals surface area (Å²) in [7, 11) is 1.64. The second kappa shape index (κ2) is 7.99. The second-order valence-corrected chi connectivity index (χ2v) is 5.71. The van der Waals surface area contributed by atoms with Crippen LogP contribution >= 0.6 is 0 Å². The second-order valence-electron chi connectivity index (χ2n) is 5.71. The third-order valence-corrected chi connectivity index (χ3v) is 3.99. The Morgan fingerprint density at radius 2 is 1.96 bits per heavy atom. The first-order valence-corrected chi connectivity index (χ1v) is 8.17. The molecule has 3 aromatic rings. The first-order valence-electron chi connectivity index (χ1n) is 8.17. The Hall–Kier alpha value is -3.59. The molecule has 0 spiro atoms. The molecule has 3 rings (SSSR count). The smallest absolute Gasteiger partial charge is 0.272 e. The number of methoxy groups -OCH3 is 1. The molecule has 1 heterocycles. The van der Waals surface area contributed by atoms with Gasteiger partial charge in [0.05, 0.1) is 7.11 Å². The van der Waals surface area contributed by atoms with Crippen LogP contribution in [-0.4, -0.2) is 23.2 Å². The van der Waals surface area contributed by atoms with Crippen molar-refractivity contribution >= 4 is 11.7 Å². The molecule has 0 saturated carbocycles. The van der Waals surface area contributed by atoms with Crippen LogP contribution in [0.25, 0.3) is 0 Å². The highest BCUT2D eigenvalue weighted by atomic mass is 16.5. The third-order valence-electron chi connectivity index (χ3n) is 3.99. The molecule has 6 nitrogen and oxygen atoms in total. The van der Waals surface area contributed by atoms with Crippen molar-refractivity contribution in [1.82, 2.24) is 10.2 Å². The van der Waals surface area contributed by atoms with Gasteiger partial charge in [-0.15, -0.1) is 0 Å². The average molecular weight is 346 g/mol. The van der Waals surface area contributed by atoms with Crippen molar-refractivity contribution in [2.24, 2.45) is 0 Å². The summed E-state index contributed by atoms with van der Waals surface area (Å²) < 4.78 is 5.23.